The lowest BCUT2D eigenvalue weighted by Crippen LogP contribution is -2.40. The van der Waals surface area contributed by atoms with Gasteiger partial charge >= 0.3 is 0 Å². The van der Waals surface area contributed by atoms with E-state index in [1.807, 2.05) is 0 Å². The first-order valence-electron chi connectivity index (χ1n) is 4.97. The summed E-state index contributed by atoms with van der Waals surface area (Å²) in [6.45, 7) is 1.57. The number of nitrogens with zero attached hydrogens (tertiary/aromatic N) is 1. The van der Waals surface area contributed by atoms with E-state index in [1.54, 1.807) is 7.05 Å². The van der Waals surface area contributed by atoms with Gasteiger partial charge in [0, 0.05) is 20.1 Å². The Morgan fingerprint density at radius 2 is 2.07 bits per heavy atom. The number of rotatable bonds is 7. The number of halogens is 1. The van der Waals surface area contributed by atoms with Gasteiger partial charge in [-0.05, 0) is 31.7 Å². The molecular weight excluding hydrogens is 238 g/mol. The molecule has 1 fully saturated rings. The molecule has 0 amide bonds. The van der Waals surface area contributed by atoms with E-state index < -0.39 is 10.2 Å². The molecule has 5 nitrogen and oxygen atoms in total. The van der Waals surface area contributed by atoms with Gasteiger partial charge < -0.3 is 5.73 Å². The smallest absolute Gasteiger partial charge is 0.279 e. The van der Waals surface area contributed by atoms with Gasteiger partial charge in [0.15, 0.2) is 0 Å². The van der Waals surface area contributed by atoms with Crippen LogP contribution in [0.1, 0.15) is 19.3 Å². The van der Waals surface area contributed by atoms with Crippen LogP contribution in [0.3, 0.4) is 0 Å². The Hall–Kier alpha value is 0.120. The Labute approximate surface area is 98.0 Å². The summed E-state index contributed by atoms with van der Waals surface area (Å²) in [6.07, 6.45) is 2.99. The second kappa shape index (κ2) is 6.65. The summed E-state index contributed by atoms with van der Waals surface area (Å²) >= 11 is 0. The molecule has 0 atom stereocenters. The quantitative estimate of drug-likeness (QED) is 0.627. The molecule has 0 bridgehead atoms. The second-order valence-electron chi connectivity index (χ2n) is 3.77. The van der Waals surface area contributed by atoms with Crippen LogP contribution >= 0.6 is 12.4 Å². The van der Waals surface area contributed by atoms with E-state index >= 15 is 0 Å². The van der Waals surface area contributed by atoms with Gasteiger partial charge in [-0.2, -0.15) is 12.7 Å². The zero-order chi connectivity index (χ0) is 10.6. The Morgan fingerprint density at radius 3 is 2.53 bits per heavy atom. The molecule has 1 rings (SSSR count). The molecule has 92 valence electrons. The highest BCUT2D eigenvalue weighted by Crippen LogP contribution is 2.29. The standard InChI is InChI=1S/C8H19N3O2S.ClH/c1-11(7-8-3-4-8)14(12,13)10-6-2-5-9;/h8,10H,2-7,9H2,1H3;1H. The molecule has 7 heteroatoms. The third-order valence-electron chi connectivity index (χ3n) is 2.29. The SMILES string of the molecule is CN(CC1CC1)S(=O)(=O)NCCCN.Cl. The predicted octanol–water partition coefficient (Wildman–Crippen LogP) is -0.0668. The van der Waals surface area contributed by atoms with Crippen LogP contribution in [0.5, 0.6) is 0 Å². The van der Waals surface area contributed by atoms with Gasteiger partial charge in [-0.1, -0.05) is 0 Å². The molecule has 0 aromatic carbocycles. The topological polar surface area (TPSA) is 75.4 Å². The molecule has 0 spiro atoms. The van der Waals surface area contributed by atoms with Crippen molar-refractivity contribution < 1.29 is 8.42 Å². The normalized spacial score (nSPS) is 16.5. The van der Waals surface area contributed by atoms with Crippen molar-refractivity contribution in [2.24, 2.45) is 11.7 Å². The molecule has 1 aliphatic carbocycles. The van der Waals surface area contributed by atoms with Gasteiger partial charge in [0.1, 0.15) is 0 Å². The maximum absolute atomic E-state index is 11.5. The molecule has 1 aliphatic rings. The van der Waals surface area contributed by atoms with Gasteiger partial charge in [0.25, 0.3) is 10.2 Å². The minimum absolute atomic E-state index is 0. The first-order valence-corrected chi connectivity index (χ1v) is 6.41. The maximum Gasteiger partial charge on any atom is 0.279 e. The highest BCUT2D eigenvalue weighted by molar-refractivity contribution is 7.87. The molecule has 15 heavy (non-hydrogen) atoms. The third kappa shape index (κ3) is 5.67. The summed E-state index contributed by atoms with van der Waals surface area (Å²) in [4.78, 5) is 0. The second-order valence-corrected chi connectivity index (χ2v) is 5.63. The van der Waals surface area contributed by atoms with Crippen LogP contribution in [-0.2, 0) is 10.2 Å². The van der Waals surface area contributed by atoms with Crippen LogP contribution in [0.4, 0.5) is 0 Å². The number of hydrogen-bond acceptors (Lipinski definition) is 3. The van der Waals surface area contributed by atoms with Crippen molar-refractivity contribution in [3.63, 3.8) is 0 Å². The molecule has 3 N–H and O–H groups in total. The van der Waals surface area contributed by atoms with Crippen molar-refractivity contribution in [1.29, 1.82) is 0 Å². The third-order valence-corrected chi connectivity index (χ3v) is 3.83. The van der Waals surface area contributed by atoms with Crippen LogP contribution < -0.4 is 10.5 Å². The average molecular weight is 258 g/mol. The van der Waals surface area contributed by atoms with E-state index in [0.717, 1.165) is 12.8 Å². The van der Waals surface area contributed by atoms with Crippen LogP contribution in [-0.4, -0.2) is 39.4 Å². The van der Waals surface area contributed by atoms with Crippen molar-refractivity contribution in [2.75, 3.05) is 26.7 Å². The molecule has 0 radical (unpaired) electrons. The summed E-state index contributed by atoms with van der Waals surface area (Å²) in [5.41, 5.74) is 5.28. The molecule has 0 aromatic heterocycles. The molecule has 0 unspecified atom stereocenters. The van der Waals surface area contributed by atoms with Crippen LogP contribution in [0.15, 0.2) is 0 Å². The summed E-state index contributed by atoms with van der Waals surface area (Å²) < 4.78 is 27.0. The lowest BCUT2D eigenvalue weighted by molar-refractivity contribution is 0.442. The van der Waals surface area contributed by atoms with E-state index in [-0.39, 0.29) is 12.4 Å². The molecule has 1 saturated carbocycles. The largest absolute Gasteiger partial charge is 0.330 e. The van der Waals surface area contributed by atoms with E-state index in [2.05, 4.69) is 4.72 Å². The molecular formula is C8H20ClN3O2S. The van der Waals surface area contributed by atoms with Crippen molar-refractivity contribution in [2.45, 2.75) is 19.3 Å². The summed E-state index contributed by atoms with van der Waals surface area (Å²) in [7, 11) is -1.65. The van der Waals surface area contributed by atoms with Crippen LogP contribution in [0, 0.1) is 5.92 Å². The van der Waals surface area contributed by atoms with E-state index in [9.17, 15) is 8.42 Å². The minimum Gasteiger partial charge on any atom is -0.330 e. The fraction of sp³-hybridized carbons (Fsp3) is 1.00. The Balaban J connectivity index is 0.00000196. The monoisotopic (exact) mass is 257 g/mol. The molecule has 0 aliphatic heterocycles. The van der Waals surface area contributed by atoms with E-state index in [0.29, 0.717) is 32.0 Å². The summed E-state index contributed by atoms with van der Waals surface area (Å²) in [5, 5.41) is 0. The fourth-order valence-corrected chi connectivity index (χ4v) is 2.21. The van der Waals surface area contributed by atoms with Crippen molar-refractivity contribution in [3.8, 4) is 0 Å². The van der Waals surface area contributed by atoms with Gasteiger partial charge in [-0.15, -0.1) is 12.4 Å². The highest BCUT2D eigenvalue weighted by Gasteiger charge is 2.27. The molecule has 0 aromatic rings. The Morgan fingerprint density at radius 1 is 1.47 bits per heavy atom. The van der Waals surface area contributed by atoms with Crippen molar-refractivity contribution in [3.05, 3.63) is 0 Å². The lowest BCUT2D eigenvalue weighted by Gasteiger charge is -2.16. The minimum atomic E-state index is -3.26. The molecule has 0 heterocycles. The number of hydrogen-bond donors (Lipinski definition) is 2. The number of nitrogens with one attached hydrogen (secondary N) is 1. The number of nitrogens with two attached hydrogens (primary N) is 1. The Bertz CT molecular complexity index is 267. The zero-order valence-corrected chi connectivity index (χ0v) is 10.6. The molecule has 0 saturated heterocycles. The average Bonchev–Trinajstić information content (AvgIpc) is 2.88. The Kier molecular flexibility index (Phi) is 6.70. The zero-order valence-electron chi connectivity index (χ0n) is 8.98. The summed E-state index contributed by atoms with van der Waals surface area (Å²) in [6, 6.07) is 0. The van der Waals surface area contributed by atoms with Gasteiger partial charge in [-0.3, -0.25) is 0 Å². The van der Waals surface area contributed by atoms with E-state index in [1.165, 1.54) is 4.31 Å². The van der Waals surface area contributed by atoms with Crippen LogP contribution in [0.2, 0.25) is 0 Å². The van der Waals surface area contributed by atoms with Gasteiger partial charge in [0.2, 0.25) is 0 Å². The van der Waals surface area contributed by atoms with Gasteiger partial charge in [0.05, 0.1) is 0 Å². The van der Waals surface area contributed by atoms with Crippen molar-refractivity contribution in [1.82, 2.24) is 9.03 Å². The summed E-state index contributed by atoms with van der Waals surface area (Å²) in [5.74, 6) is 0.575. The highest BCUT2D eigenvalue weighted by atomic mass is 35.5. The first-order chi connectivity index (χ1) is 6.56. The van der Waals surface area contributed by atoms with Gasteiger partial charge in [-0.25, -0.2) is 4.72 Å². The maximum atomic E-state index is 11.5. The van der Waals surface area contributed by atoms with Crippen LogP contribution in [0.25, 0.3) is 0 Å². The van der Waals surface area contributed by atoms with Crippen molar-refractivity contribution >= 4 is 22.6 Å². The lowest BCUT2D eigenvalue weighted by atomic mass is 10.4. The predicted molar refractivity (Wildman–Crippen MR) is 63.2 cm³/mol. The fourth-order valence-electron chi connectivity index (χ4n) is 1.18. The van der Waals surface area contributed by atoms with E-state index in [4.69, 9.17) is 5.73 Å². The first kappa shape index (κ1) is 15.1.